The van der Waals surface area contributed by atoms with Gasteiger partial charge in [-0.3, -0.25) is 0 Å². The molecule has 0 radical (unpaired) electrons. The van der Waals surface area contributed by atoms with Crippen LogP contribution < -0.4 is 9.47 Å². The predicted molar refractivity (Wildman–Crippen MR) is 127 cm³/mol. The second-order valence-electron chi connectivity index (χ2n) is 7.35. The van der Waals surface area contributed by atoms with E-state index >= 15 is 0 Å². The first-order chi connectivity index (χ1) is 16.3. The van der Waals surface area contributed by atoms with Crippen LogP contribution in [0, 0.1) is 5.82 Å². The van der Waals surface area contributed by atoms with Crippen molar-refractivity contribution < 1.29 is 32.9 Å². The first kappa shape index (κ1) is 25.3. The lowest BCUT2D eigenvalue weighted by Gasteiger charge is -2.30. The van der Waals surface area contributed by atoms with E-state index in [0.29, 0.717) is 34.7 Å². The molecule has 0 bridgehead atoms. The monoisotopic (exact) mass is 533 g/mol. The van der Waals surface area contributed by atoms with Gasteiger partial charge in [-0.25, -0.2) is 14.0 Å². The fourth-order valence-corrected chi connectivity index (χ4v) is 4.30. The number of hydrogen-bond donors (Lipinski definition) is 0. The van der Waals surface area contributed by atoms with Crippen LogP contribution in [0.4, 0.5) is 4.39 Å². The Morgan fingerprint density at radius 3 is 2.09 bits per heavy atom. The molecular weight excluding hydrogens is 509 g/mol. The lowest BCUT2D eigenvalue weighted by atomic mass is 9.83. The molecule has 0 amide bonds. The van der Waals surface area contributed by atoms with Crippen molar-refractivity contribution in [2.45, 2.75) is 19.4 Å². The van der Waals surface area contributed by atoms with Gasteiger partial charge in [0.2, 0.25) is 0 Å². The summed E-state index contributed by atoms with van der Waals surface area (Å²) in [7, 11) is 4.05. The van der Waals surface area contributed by atoms with E-state index in [4.69, 9.17) is 18.9 Å². The second-order valence-corrected chi connectivity index (χ2v) is 8.21. The van der Waals surface area contributed by atoms with Crippen molar-refractivity contribution >= 4 is 27.9 Å². The molecule has 2 aromatic carbocycles. The maximum atomic E-state index is 13.3. The molecule has 0 atom stereocenters. The van der Waals surface area contributed by atoms with Crippen molar-refractivity contribution in [2.75, 3.05) is 27.9 Å². The Morgan fingerprint density at radius 1 is 1.00 bits per heavy atom. The van der Waals surface area contributed by atoms with Gasteiger partial charge in [-0.2, -0.15) is 0 Å². The summed E-state index contributed by atoms with van der Waals surface area (Å²) in [4.78, 5) is 27.4. The minimum absolute atomic E-state index is 0.227. The summed E-state index contributed by atoms with van der Waals surface area (Å²) in [6.07, 6.45) is 3.23. The van der Waals surface area contributed by atoms with Gasteiger partial charge >= 0.3 is 11.9 Å². The normalized spacial score (nSPS) is 13.6. The molecular formula is C25H25BrFNO6. The summed E-state index contributed by atoms with van der Waals surface area (Å²) in [5.41, 5.74) is 1.84. The van der Waals surface area contributed by atoms with Gasteiger partial charge < -0.3 is 23.8 Å². The molecule has 0 unspecified atom stereocenters. The van der Waals surface area contributed by atoms with E-state index in [9.17, 15) is 14.0 Å². The molecule has 1 aliphatic rings. The van der Waals surface area contributed by atoms with E-state index < -0.39 is 17.9 Å². The van der Waals surface area contributed by atoms with Gasteiger partial charge in [0.15, 0.2) is 11.5 Å². The number of rotatable bonds is 8. The van der Waals surface area contributed by atoms with E-state index in [1.165, 1.54) is 33.5 Å². The maximum Gasteiger partial charge on any atom is 0.336 e. The Morgan fingerprint density at radius 2 is 1.59 bits per heavy atom. The molecule has 9 heteroatoms. The summed E-state index contributed by atoms with van der Waals surface area (Å²) in [5.74, 6) is -1.40. The number of halogens is 2. The zero-order chi connectivity index (χ0) is 24.8. The van der Waals surface area contributed by atoms with Crippen LogP contribution in [0.2, 0.25) is 0 Å². The van der Waals surface area contributed by atoms with Crippen molar-refractivity contribution in [3.8, 4) is 11.5 Å². The number of carbonyl (C=O) groups is 2. The Hall–Kier alpha value is -3.33. The fraction of sp³-hybridized carbons (Fsp3) is 0.280. The predicted octanol–water partition coefficient (Wildman–Crippen LogP) is 4.71. The third-order valence-electron chi connectivity index (χ3n) is 5.23. The van der Waals surface area contributed by atoms with E-state index in [1.54, 1.807) is 41.6 Å². The van der Waals surface area contributed by atoms with Gasteiger partial charge in [-0.15, -0.1) is 0 Å². The molecule has 0 fully saturated rings. The van der Waals surface area contributed by atoms with Crippen LogP contribution >= 0.6 is 15.9 Å². The Balaban J connectivity index is 2.13. The Labute approximate surface area is 205 Å². The summed E-state index contributed by atoms with van der Waals surface area (Å²) in [5, 5.41) is 0. The summed E-state index contributed by atoms with van der Waals surface area (Å²) < 4.78 is 35.2. The highest BCUT2D eigenvalue weighted by Crippen LogP contribution is 2.44. The average molecular weight is 534 g/mol. The SMILES string of the molecule is CCOc1c(Br)cc(C2C(C(=O)OC)=CN(Cc3ccc(F)cc3)C=C2C(=O)OC)cc1OC. The third-order valence-corrected chi connectivity index (χ3v) is 5.82. The highest BCUT2D eigenvalue weighted by molar-refractivity contribution is 9.10. The standard InChI is InChI=1S/C25H25BrFNO6/c1-5-34-23-20(26)10-16(11-21(23)31-2)22-18(24(29)32-3)13-28(14-19(22)25(30)33-4)12-15-6-8-17(27)9-7-15/h6-11,13-14,22H,5,12H2,1-4H3. The average Bonchev–Trinajstić information content (AvgIpc) is 2.85. The largest absolute Gasteiger partial charge is 0.493 e. The highest BCUT2D eigenvalue weighted by atomic mass is 79.9. The maximum absolute atomic E-state index is 13.3. The van der Waals surface area contributed by atoms with Crippen LogP contribution in [0.25, 0.3) is 0 Å². The summed E-state index contributed by atoms with van der Waals surface area (Å²) in [6.45, 7) is 2.58. The van der Waals surface area contributed by atoms with Gasteiger partial charge in [0, 0.05) is 18.9 Å². The minimum Gasteiger partial charge on any atom is -0.493 e. The van der Waals surface area contributed by atoms with E-state index in [2.05, 4.69) is 15.9 Å². The quantitative estimate of drug-likeness (QED) is 0.455. The van der Waals surface area contributed by atoms with Crippen molar-refractivity contribution in [3.05, 3.63) is 81.4 Å². The number of hydrogen-bond acceptors (Lipinski definition) is 7. The van der Waals surface area contributed by atoms with E-state index in [1.807, 2.05) is 6.92 Å². The Bertz CT molecular complexity index is 1090. The molecule has 0 spiro atoms. The number of ether oxygens (including phenoxy) is 4. The molecule has 34 heavy (non-hydrogen) atoms. The zero-order valence-corrected chi connectivity index (χ0v) is 20.8. The second kappa shape index (κ2) is 11.2. The van der Waals surface area contributed by atoms with Crippen LogP contribution in [-0.2, 0) is 25.6 Å². The lowest BCUT2D eigenvalue weighted by molar-refractivity contribution is -0.137. The molecule has 7 nitrogen and oxygen atoms in total. The van der Waals surface area contributed by atoms with Gasteiger partial charge in [0.1, 0.15) is 5.82 Å². The van der Waals surface area contributed by atoms with Crippen molar-refractivity contribution in [3.63, 3.8) is 0 Å². The molecule has 0 saturated heterocycles. The molecule has 1 heterocycles. The first-order valence-electron chi connectivity index (χ1n) is 10.4. The van der Waals surface area contributed by atoms with Gasteiger partial charge in [-0.05, 0) is 58.2 Å². The molecule has 0 aliphatic carbocycles. The van der Waals surface area contributed by atoms with E-state index in [0.717, 1.165) is 5.56 Å². The van der Waals surface area contributed by atoms with Crippen molar-refractivity contribution in [1.29, 1.82) is 0 Å². The molecule has 3 rings (SSSR count). The first-order valence-corrected chi connectivity index (χ1v) is 11.2. The van der Waals surface area contributed by atoms with Crippen molar-refractivity contribution in [2.24, 2.45) is 0 Å². The van der Waals surface area contributed by atoms with E-state index in [-0.39, 0.29) is 17.0 Å². The van der Waals surface area contributed by atoms with Crippen molar-refractivity contribution in [1.82, 2.24) is 4.90 Å². The highest BCUT2D eigenvalue weighted by Gasteiger charge is 2.36. The lowest BCUT2D eigenvalue weighted by Crippen LogP contribution is -2.28. The van der Waals surface area contributed by atoms with Gasteiger partial charge in [0.05, 0.1) is 49.5 Å². The number of benzene rings is 2. The van der Waals surface area contributed by atoms with Gasteiger partial charge in [-0.1, -0.05) is 12.1 Å². The topological polar surface area (TPSA) is 74.3 Å². The number of carbonyl (C=O) groups excluding carboxylic acids is 2. The minimum atomic E-state index is -0.787. The zero-order valence-electron chi connectivity index (χ0n) is 19.3. The number of esters is 2. The van der Waals surface area contributed by atoms with Crippen LogP contribution in [0.15, 0.2) is 64.4 Å². The molecule has 180 valence electrons. The van der Waals surface area contributed by atoms with Crippen LogP contribution in [-0.4, -0.2) is 44.8 Å². The molecule has 0 N–H and O–H groups in total. The summed E-state index contributed by atoms with van der Waals surface area (Å²) >= 11 is 3.50. The fourth-order valence-electron chi connectivity index (χ4n) is 3.73. The molecule has 0 saturated carbocycles. The van der Waals surface area contributed by atoms with Crippen LogP contribution in [0.1, 0.15) is 24.0 Å². The smallest absolute Gasteiger partial charge is 0.336 e. The number of nitrogens with zero attached hydrogens (tertiary/aromatic N) is 1. The molecule has 0 aromatic heterocycles. The van der Waals surface area contributed by atoms with Crippen LogP contribution in [0.5, 0.6) is 11.5 Å². The molecule has 1 aliphatic heterocycles. The van der Waals surface area contributed by atoms with Crippen LogP contribution in [0.3, 0.4) is 0 Å². The number of methoxy groups -OCH3 is 3. The Kier molecular flexibility index (Phi) is 8.33. The van der Waals surface area contributed by atoms with Gasteiger partial charge in [0.25, 0.3) is 0 Å². The molecule has 2 aromatic rings. The third kappa shape index (κ3) is 5.41. The summed E-state index contributed by atoms with van der Waals surface area (Å²) in [6, 6.07) is 9.44.